The van der Waals surface area contributed by atoms with Crippen molar-refractivity contribution >= 4 is 0 Å². The van der Waals surface area contributed by atoms with Gasteiger partial charge in [0.2, 0.25) is 0 Å². The molecule has 0 amide bonds. The molecule has 0 aromatic heterocycles. The molecule has 8 atom stereocenters. The van der Waals surface area contributed by atoms with Gasteiger partial charge < -0.3 is 10.2 Å². The first kappa shape index (κ1) is 24.4. The van der Waals surface area contributed by atoms with Crippen LogP contribution < -0.4 is 0 Å². The van der Waals surface area contributed by atoms with Gasteiger partial charge in [0.25, 0.3) is 0 Å². The van der Waals surface area contributed by atoms with E-state index in [1.807, 2.05) is 13.8 Å². The Bertz CT molecular complexity index is 593. The molecule has 0 aromatic rings. The minimum atomic E-state index is -4.04. The zero-order valence-electron chi connectivity index (χ0n) is 19.4. The van der Waals surface area contributed by atoms with Crippen molar-refractivity contribution in [2.24, 2.45) is 40.4 Å². The summed E-state index contributed by atoms with van der Waals surface area (Å²) in [5.41, 5.74) is -0.609. The molecule has 0 saturated heterocycles. The van der Waals surface area contributed by atoms with Crippen LogP contribution in [-0.4, -0.2) is 28.6 Å². The lowest BCUT2D eigenvalue weighted by atomic mass is 9.44. The molecule has 0 radical (unpaired) electrons. The van der Waals surface area contributed by atoms with E-state index in [1.54, 1.807) is 0 Å². The predicted octanol–water partition coefficient (Wildman–Crippen LogP) is 6.74. The van der Waals surface area contributed by atoms with Gasteiger partial charge in [0.15, 0.2) is 0 Å². The van der Waals surface area contributed by atoms with Crippen LogP contribution in [0.1, 0.15) is 98.3 Å². The fourth-order valence-corrected chi connectivity index (χ4v) is 8.39. The zero-order valence-corrected chi connectivity index (χ0v) is 19.4. The summed E-state index contributed by atoms with van der Waals surface area (Å²) in [5.74, 6) is 2.52. The lowest BCUT2D eigenvalue weighted by Crippen LogP contribution is -2.56. The largest absolute Gasteiger partial charge is 0.393 e. The molecule has 4 fully saturated rings. The molecule has 4 rings (SSSR count). The van der Waals surface area contributed by atoms with E-state index in [2.05, 4.69) is 13.8 Å². The number of hydrogen-bond acceptors (Lipinski definition) is 2. The van der Waals surface area contributed by atoms with Gasteiger partial charge in [-0.2, -0.15) is 13.2 Å². The van der Waals surface area contributed by atoms with E-state index in [4.69, 9.17) is 0 Å². The fraction of sp³-hybridized carbons (Fsp3) is 1.00. The number of alkyl halides is 3. The first-order valence-corrected chi connectivity index (χ1v) is 12.4. The molecule has 4 saturated carbocycles. The monoisotopic (exact) mass is 432 g/mol. The second kappa shape index (κ2) is 8.57. The summed E-state index contributed by atoms with van der Waals surface area (Å²) in [6.45, 7) is 8.56. The average molecular weight is 433 g/mol. The van der Waals surface area contributed by atoms with Crippen LogP contribution in [0, 0.1) is 40.4 Å². The van der Waals surface area contributed by atoms with Crippen LogP contribution >= 0.6 is 0 Å². The first-order chi connectivity index (χ1) is 14.0. The Balaban J connectivity index is 0.00000124. The highest BCUT2D eigenvalue weighted by atomic mass is 19.4. The average Bonchev–Trinajstić information content (AvgIpc) is 3.04. The molecule has 2 nitrogen and oxygen atoms in total. The molecule has 0 spiro atoms. The standard InChI is InChI=1S/C23H37F3O2.C2H6/c1-20-9-8-19-17(18(20)6-4-15(20)7-10-23(24,25)26)5-3-16-13-22(28,14-27)12-11-21(16,19)2;1-2/h15-19,27-28H,3-14H2,1-2H3;1-2H3. The van der Waals surface area contributed by atoms with Gasteiger partial charge in [-0.1, -0.05) is 27.7 Å². The second-order valence-corrected chi connectivity index (χ2v) is 11.2. The van der Waals surface area contributed by atoms with Crippen LogP contribution in [0.3, 0.4) is 0 Å². The zero-order chi connectivity index (χ0) is 22.4. The SMILES string of the molecule is CC.CC12CCC3C(CCC4CC(O)(CO)CCC43C)C1CCC2CCC(F)(F)F. The van der Waals surface area contributed by atoms with E-state index in [1.165, 1.54) is 0 Å². The molecule has 4 aliphatic carbocycles. The number of halogens is 3. The maximum atomic E-state index is 12.8. The van der Waals surface area contributed by atoms with Crippen molar-refractivity contribution in [1.82, 2.24) is 0 Å². The summed E-state index contributed by atoms with van der Waals surface area (Å²) in [7, 11) is 0. The van der Waals surface area contributed by atoms with Crippen LogP contribution in [0.4, 0.5) is 13.2 Å². The molecule has 30 heavy (non-hydrogen) atoms. The third-order valence-corrected chi connectivity index (χ3v) is 10.1. The molecular formula is C25H43F3O2. The minimum absolute atomic E-state index is 0.0795. The summed E-state index contributed by atoms with van der Waals surface area (Å²) in [5, 5.41) is 20.3. The third kappa shape index (κ3) is 4.19. The van der Waals surface area contributed by atoms with Gasteiger partial charge in [0, 0.05) is 6.42 Å². The number of rotatable bonds is 3. The number of hydrogen-bond donors (Lipinski definition) is 2. The van der Waals surface area contributed by atoms with Crippen LogP contribution in [0.2, 0.25) is 0 Å². The Kier molecular flexibility index (Phi) is 6.96. The van der Waals surface area contributed by atoms with Crippen molar-refractivity contribution in [3.63, 3.8) is 0 Å². The van der Waals surface area contributed by atoms with E-state index in [-0.39, 0.29) is 23.4 Å². The summed E-state index contributed by atoms with van der Waals surface area (Å²) >= 11 is 0. The van der Waals surface area contributed by atoms with E-state index in [9.17, 15) is 23.4 Å². The normalized spacial score (nSPS) is 48.1. The molecule has 176 valence electrons. The third-order valence-electron chi connectivity index (χ3n) is 10.1. The van der Waals surface area contributed by atoms with Crippen LogP contribution in [-0.2, 0) is 0 Å². The summed E-state index contributed by atoms with van der Waals surface area (Å²) < 4.78 is 38.4. The van der Waals surface area contributed by atoms with Gasteiger partial charge in [-0.25, -0.2) is 0 Å². The van der Waals surface area contributed by atoms with Crippen LogP contribution in [0.15, 0.2) is 0 Å². The predicted molar refractivity (Wildman–Crippen MR) is 114 cm³/mol. The quantitative estimate of drug-likeness (QED) is 0.519. The highest BCUT2D eigenvalue weighted by Crippen LogP contribution is 2.68. The lowest BCUT2D eigenvalue weighted by Gasteiger charge is -2.62. The van der Waals surface area contributed by atoms with Gasteiger partial charge >= 0.3 is 6.18 Å². The maximum absolute atomic E-state index is 12.8. The lowest BCUT2D eigenvalue weighted by molar-refractivity contribution is -0.162. The van der Waals surface area contributed by atoms with E-state index in [0.29, 0.717) is 42.9 Å². The van der Waals surface area contributed by atoms with Gasteiger partial charge in [-0.05, 0) is 105 Å². The molecule has 8 unspecified atom stereocenters. The summed E-state index contributed by atoms with van der Waals surface area (Å²) in [6, 6.07) is 0. The topological polar surface area (TPSA) is 40.5 Å². The van der Waals surface area contributed by atoms with Crippen molar-refractivity contribution in [3.8, 4) is 0 Å². The molecule has 0 bridgehead atoms. The molecule has 0 aromatic carbocycles. The Morgan fingerprint density at radius 3 is 2.17 bits per heavy atom. The van der Waals surface area contributed by atoms with E-state index in [0.717, 1.165) is 44.9 Å². The number of aliphatic hydroxyl groups is 2. The van der Waals surface area contributed by atoms with Gasteiger partial charge in [0.05, 0.1) is 12.2 Å². The van der Waals surface area contributed by atoms with Crippen molar-refractivity contribution in [3.05, 3.63) is 0 Å². The van der Waals surface area contributed by atoms with Gasteiger partial charge in [-0.3, -0.25) is 0 Å². The molecule has 0 heterocycles. The molecular weight excluding hydrogens is 389 g/mol. The van der Waals surface area contributed by atoms with Crippen molar-refractivity contribution in [1.29, 1.82) is 0 Å². The molecule has 2 N–H and O–H groups in total. The molecule has 0 aliphatic heterocycles. The Labute approximate surface area is 181 Å². The summed E-state index contributed by atoms with van der Waals surface area (Å²) in [4.78, 5) is 0. The Morgan fingerprint density at radius 2 is 1.53 bits per heavy atom. The summed E-state index contributed by atoms with van der Waals surface area (Å²) in [6.07, 6.45) is 4.49. The molecule has 5 heteroatoms. The van der Waals surface area contributed by atoms with Gasteiger partial charge in [0.1, 0.15) is 0 Å². The van der Waals surface area contributed by atoms with Crippen molar-refractivity contribution in [2.45, 2.75) is 110 Å². The Morgan fingerprint density at radius 1 is 0.867 bits per heavy atom. The van der Waals surface area contributed by atoms with E-state index < -0.39 is 18.2 Å². The highest BCUT2D eigenvalue weighted by Gasteiger charge is 2.61. The maximum Gasteiger partial charge on any atom is 0.389 e. The van der Waals surface area contributed by atoms with Crippen LogP contribution in [0.25, 0.3) is 0 Å². The van der Waals surface area contributed by atoms with Crippen molar-refractivity contribution in [2.75, 3.05) is 6.61 Å². The van der Waals surface area contributed by atoms with Crippen LogP contribution in [0.5, 0.6) is 0 Å². The second-order valence-electron chi connectivity index (χ2n) is 11.2. The van der Waals surface area contributed by atoms with E-state index >= 15 is 0 Å². The fourth-order valence-electron chi connectivity index (χ4n) is 8.39. The Hall–Kier alpha value is -0.290. The number of fused-ring (bicyclic) bond motifs is 5. The highest BCUT2D eigenvalue weighted by molar-refractivity contribution is 5.10. The smallest absolute Gasteiger partial charge is 0.389 e. The minimum Gasteiger partial charge on any atom is -0.393 e. The molecule has 4 aliphatic rings. The van der Waals surface area contributed by atoms with Crippen molar-refractivity contribution < 1.29 is 23.4 Å². The van der Waals surface area contributed by atoms with Gasteiger partial charge in [-0.15, -0.1) is 0 Å². The number of aliphatic hydroxyl groups excluding tert-OH is 1. The first-order valence-electron chi connectivity index (χ1n) is 12.4.